The SMILES string of the molecule is Cn1cc(-c2cc(-c3ccc(N4CCN(CC(C)(C)O)CC4)nc3)c3c(C#N)cnn3c2)cn1. The first-order chi connectivity index (χ1) is 16.3. The number of β-amino-alcohol motifs (C(OH)–C–C–N with tert-alkyl or cyclic N) is 1. The van der Waals surface area contributed by atoms with Crippen molar-refractivity contribution >= 4 is 11.3 Å². The maximum absolute atomic E-state index is 10.1. The van der Waals surface area contributed by atoms with E-state index in [1.807, 2.05) is 51.7 Å². The lowest BCUT2D eigenvalue weighted by molar-refractivity contribution is 0.0344. The van der Waals surface area contributed by atoms with Gasteiger partial charge >= 0.3 is 0 Å². The van der Waals surface area contributed by atoms with Crippen molar-refractivity contribution in [2.45, 2.75) is 19.4 Å². The molecule has 4 aromatic heterocycles. The number of fused-ring (bicyclic) bond motifs is 1. The summed E-state index contributed by atoms with van der Waals surface area (Å²) in [7, 11) is 1.89. The Balaban J connectivity index is 1.44. The highest BCUT2D eigenvalue weighted by Gasteiger charge is 2.23. The molecule has 9 nitrogen and oxygen atoms in total. The zero-order valence-corrected chi connectivity index (χ0v) is 19.7. The Morgan fingerprint density at radius 2 is 1.79 bits per heavy atom. The monoisotopic (exact) mass is 456 g/mol. The highest BCUT2D eigenvalue weighted by atomic mass is 16.3. The molecule has 0 amide bonds. The van der Waals surface area contributed by atoms with Gasteiger partial charge in [0.15, 0.2) is 0 Å². The van der Waals surface area contributed by atoms with Gasteiger partial charge in [0.25, 0.3) is 0 Å². The van der Waals surface area contributed by atoms with Gasteiger partial charge in [0.1, 0.15) is 11.9 Å². The fourth-order valence-corrected chi connectivity index (χ4v) is 4.57. The van der Waals surface area contributed by atoms with Crippen molar-refractivity contribution in [2.75, 3.05) is 37.6 Å². The van der Waals surface area contributed by atoms with Crippen LogP contribution >= 0.6 is 0 Å². The second-order valence-corrected chi connectivity index (χ2v) is 9.49. The number of nitrogens with zero attached hydrogens (tertiary/aromatic N) is 8. The van der Waals surface area contributed by atoms with Gasteiger partial charge in [-0.3, -0.25) is 9.58 Å². The van der Waals surface area contributed by atoms with Crippen LogP contribution in [0.25, 0.3) is 27.8 Å². The Labute approximate surface area is 198 Å². The number of hydrogen-bond acceptors (Lipinski definition) is 7. The molecule has 5 heterocycles. The molecule has 0 aliphatic carbocycles. The molecule has 1 aliphatic rings. The van der Waals surface area contributed by atoms with E-state index in [2.05, 4.69) is 38.2 Å². The van der Waals surface area contributed by atoms with Crippen LogP contribution in [0.3, 0.4) is 0 Å². The molecule has 0 saturated carbocycles. The first kappa shape index (κ1) is 22.1. The van der Waals surface area contributed by atoms with E-state index in [0.29, 0.717) is 12.1 Å². The van der Waals surface area contributed by atoms with Crippen molar-refractivity contribution in [3.63, 3.8) is 0 Å². The number of anilines is 1. The van der Waals surface area contributed by atoms with E-state index in [-0.39, 0.29) is 0 Å². The normalized spacial score (nSPS) is 15.1. The summed E-state index contributed by atoms with van der Waals surface area (Å²) in [5.41, 5.74) is 4.39. The molecule has 1 saturated heterocycles. The van der Waals surface area contributed by atoms with Crippen LogP contribution in [0.4, 0.5) is 5.82 Å². The minimum atomic E-state index is -0.687. The Kier molecular flexibility index (Phi) is 5.55. The van der Waals surface area contributed by atoms with Gasteiger partial charge in [0, 0.05) is 80.6 Å². The molecule has 1 N–H and O–H groups in total. The second kappa shape index (κ2) is 8.56. The standard InChI is InChI=1S/C25H28N8O/c1-25(2,34)17-31-6-8-32(9-7-31)23-5-4-18(12-27-23)22-10-19(21-14-28-30(3)15-21)16-33-24(22)20(11-26)13-29-33/h4-5,10,12-16,34H,6-9,17H2,1-3H3. The molecule has 5 rings (SSSR count). The van der Waals surface area contributed by atoms with E-state index in [0.717, 1.165) is 59.8 Å². The predicted octanol–water partition coefficient (Wildman–Crippen LogP) is 2.56. The van der Waals surface area contributed by atoms with Crippen LogP contribution in [-0.4, -0.2) is 72.7 Å². The number of piperazine rings is 1. The third-order valence-corrected chi connectivity index (χ3v) is 6.14. The van der Waals surface area contributed by atoms with E-state index in [1.165, 1.54) is 0 Å². The van der Waals surface area contributed by atoms with E-state index in [9.17, 15) is 10.4 Å². The van der Waals surface area contributed by atoms with Gasteiger partial charge in [-0.05, 0) is 32.0 Å². The number of hydrogen-bond donors (Lipinski definition) is 1. The van der Waals surface area contributed by atoms with Crippen LogP contribution in [0.2, 0.25) is 0 Å². The molecule has 1 fully saturated rings. The second-order valence-electron chi connectivity index (χ2n) is 9.49. The smallest absolute Gasteiger partial charge is 0.128 e. The fraction of sp³-hybridized carbons (Fsp3) is 0.360. The van der Waals surface area contributed by atoms with Gasteiger partial charge in [0.05, 0.1) is 29.1 Å². The van der Waals surface area contributed by atoms with Crippen molar-refractivity contribution in [3.8, 4) is 28.3 Å². The quantitative estimate of drug-likeness (QED) is 0.493. The highest BCUT2D eigenvalue weighted by molar-refractivity contribution is 5.87. The summed E-state index contributed by atoms with van der Waals surface area (Å²) < 4.78 is 3.52. The molecule has 0 aromatic carbocycles. The number of nitriles is 1. The highest BCUT2D eigenvalue weighted by Crippen LogP contribution is 2.32. The van der Waals surface area contributed by atoms with Gasteiger partial charge in [-0.2, -0.15) is 15.5 Å². The van der Waals surface area contributed by atoms with Crippen LogP contribution in [-0.2, 0) is 7.05 Å². The van der Waals surface area contributed by atoms with Crippen molar-refractivity contribution in [1.29, 1.82) is 5.26 Å². The summed E-state index contributed by atoms with van der Waals surface area (Å²) in [6.07, 6.45) is 9.17. The lowest BCUT2D eigenvalue weighted by atomic mass is 10.0. The predicted molar refractivity (Wildman–Crippen MR) is 130 cm³/mol. The Bertz CT molecular complexity index is 1350. The third kappa shape index (κ3) is 4.38. The summed E-state index contributed by atoms with van der Waals surface area (Å²) in [5.74, 6) is 0.931. The first-order valence-corrected chi connectivity index (χ1v) is 11.4. The molecule has 174 valence electrons. The average Bonchev–Trinajstić information content (AvgIpc) is 3.44. The molecule has 34 heavy (non-hydrogen) atoms. The summed E-state index contributed by atoms with van der Waals surface area (Å²) >= 11 is 0. The zero-order chi connectivity index (χ0) is 23.9. The first-order valence-electron chi connectivity index (χ1n) is 11.4. The van der Waals surface area contributed by atoms with Crippen LogP contribution < -0.4 is 4.90 Å². The minimum absolute atomic E-state index is 0.528. The van der Waals surface area contributed by atoms with E-state index in [1.54, 1.807) is 15.4 Å². The maximum Gasteiger partial charge on any atom is 0.128 e. The molecule has 0 radical (unpaired) electrons. The molecule has 0 spiro atoms. The molecule has 9 heteroatoms. The Morgan fingerprint density at radius 3 is 2.41 bits per heavy atom. The molecule has 1 aliphatic heterocycles. The number of rotatable bonds is 5. The van der Waals surface area contributed by atoms with Crippen LogP contribution in [0, 0.1) is 11.3 Å². The largest absolute Gasteiger partial charge is 0.389 e. The van der Waals surface area contributed by atoms with Gasteiger partial charge in [-0.1, -0.05) is 0 Å². The number of aryl methyl sites for hydroxylation is 1. The van der Waals surface area contributed by atoms with Crippen molar-refractivity contribution < 1.29 is 5.11 Å². The third-order valence-electron chi connectivity index (χ3n) is 6.14. The van der Waals surface area contributed by atoms with Gasteiger partial charge in [0.2, 0.25) is 0 Å². The van der Waals surface area contributed by atoms with Gasteiger partial charge < -0.3 is 10.0 Å². The van der Waals surface area contributed by atoms with Gasteiger partial charge in [-0.15, -0.1) is 0 Å². The van der Waals surface area contributed by atoms with E-state index in [4.69, 9.17) is 4.98 Å². The molecule has 0 bridgehead atoms. The lowest BCUT2D eigenvalue weighted by Crippen LogP contribution is -2.50. The summed E-state index contributed by atoms with van der Waals surface area (Å²) in [4.78, 5) is 9.32. The van der Waals surface area contributed by atoms with Crippen LogP contribution in [0.15, 0.2) is 49.2 Å². The van der Waals surface area contributed by atoms with Crippen molar-refractivity contribution in [2.24, 2.45) is 7.05 Å². The molecule has 0 unspecified atom stereocenters. The maximum atomic E-state index is 10.1. The van der Waals surface area contributed by atoms with Crippen molar-refractivity contribution in [3.05, 3.63) is 54.7 Å². The average molecular weight is 457 g/mol. The van der Waals surface area contributed by atoms with Crippen LogP contribution in [0.1, 0.15) is 19.4 Å². The lowest BCUT2D eigenvalue weighted by Gasteiger charge is -2.37. The fourth-order valence-electron chi connectivity index (χ4n) is 4.57. The Hall–Kier alpha value is -3.74. The topological polar surface area (TPSA) is 98.5 Å². The van der Waals surface area contributed by atoms with Crippen molar-refractivity contribution in [1.82, 2.24) is 29.3 Å². The zero-order valence-electron chi connectivity index (χ0n) is 19.7. The Morgan fingerprint density at radius 1 is 1.00 bits per heavy atom. The molecular weight excluding hydrogens is 428 g/mol. The summed E-state index contributed by atoms with van der Waals surface area (Å²) in [6.45, 7) is 7.87. The number of pyridine rings is 2. The number of aliphatic hydroxyl groups is 1. The van der Waals surface area contributed by atoms with Crippen LogP contribution in [0.5, 0.6) is 0 Å². The minimum Gasteiger partial charge on any atom is -0.389 e. The summed E-state index contributed by atoms with van der Waals surface area (Å²) in [6, 6.07) is 8.42. The number of aromatic nitrogens is 5. The summed E-state index contributed by atoms with van der Waals surface area (Å²) in [5, 5.41) is 28.4. The molecular formula is C25H28N8O. The molecule has 0 atom stereocenters. The van der Waals surface area contributed by atoms with Gasteiger partial charge in [-0.25, -0.2) is 9.50 Å². The van der Waals surface area contributed by atoms with E-state index < -0.39 is 5.60 Å². The van der Waals surface area contributed by atoms with E-state index >= 15 is 0 Å². The molecule has 4 aromatic rings.